The van der Waals surface area contributed by atoms with Crippen LogP contribution in [0.4, 0.5) is 0 Å². The Morgan fingerprint density at radius 1 is 1.00 bits per heavy atom. The van der Waals surface area contributed by atoms with E-state index >= 15 is 0 Å². The van der Waals surface area contributed by atoms with Crippen molar-refractivity contribution in [2.75, 3.05) is 12.3 Å². The monoisotopic (exact) mass is 512 g/mol. The summed E-state index contributed by atoms with van der Waals surface area (Å²) in [7, 11) is 0.0185. The number of halogens is 2. The molecule has 0 heterocycles. The van der Waals surface area contributed by atoms with Gasteiger partial charge in [0.1, 0.15) is 0 Å². The average Bonchev–Trinajstić information content (AvgIpc) is 3.31. The first kappa shape index (κ1) is 33.2. The van der Waals surface area contributed by atoms with Gasteiger partial charge >= 0.3 is 21.7 Å². The van der Waals surface area contributed by atoms with Crippen LogP contribution < -0.4 is 30.1 Å². The minimum absolute atomic E-state index is 0. The molecule has 0 fully saturated rings. The molecule has 1 aliphatic rings. The summed E-state index contributed by atoms with van der Waals surface area (Å²) in [6.07, 6.45) is 14.1. The predicted octanol–water partition coefficient (Wildman–Crippen LogP) is 2.10. The van der Waals surface area contributed by atoms with Crippen LogP contribution in [0.1, 0.15) is 60.8 Å². The first-order valence-corrected chi connectivity index (χ1v) is 12.8. The molecule has 2 aromatic rings. The van der Waals surface area contributed by atoms with Gasteiger partial charge in [-0.05, 0) is 30.6 Å². The zero-order valence-electron chi connectivity index (χ0n) is 20.1. The smallest absolute Gasteiger partial charge is 1.00 e. The summed E-state index contributed by atoms with van der Waals surface area (Å²) >= 11 is 0. The van der Waals surface area contributed by atoms with Crippen molar-refractivity contribution in [3.05, 3.63) is 60.2 Å². The van der Waals surface area contributed by atoms with Gasteiger partial charge in [-0.3, -0.25) is 6.08 Å². The van der Waals surface area contributed by atoms with Crippen LogP contribution in [0.5, 0.6) is 0 Å². The van der Waals surface area contributed by atoms with Crippen molar-refractivity contribution in [3.63, 3.8) is 0 Å². The minimum atomic E-state index is 0. The number of allylic oxidation sites excluding steroid dienone is 4. The third-order valence-corrected chi connectivity index (χ3v) is 8.44. The third-order valence-electron chi connectivity index (χ3n) is 5.11. The van der Waals surface area contributed by atoms with Crippen molar-refractivity contribution < 1.29 is 46.5 Å². The largest absolute Gasteiger partial charge is 4.00 e. The topological polar surface area (TPSA) is 0 Å². The van der Waals surface area contributed by atoms with Crippen molar-refractivity contribution in [2.45, 2.75) is 60.8 Å². The van der Waals surface area contributed by atoms with E-state index in [0.717, 1.165) is 24.2 Å². The molecule has 1 atom stereocenters. The Morgan fingerprint density at radius 2 is 1.61 bits per heavy atom. The molecular formula is C27H39Cl2PTi. The number of rotatable bonds is 8. The fourth-order valence-electron chi connectivity index (χ4n) is 3.83. The van der Waals surface area contributed by atoms with Gasteiger partial charge in [-0.1, -0.05) is 67.9 Å². The minimum Gasteiger partial charge on any atom is -1.00 e. The SMILES string of the molecule is CC(C)CP(CC(C)C)c1cc2ccccc2[cH-]1.CCCC(C)C1=[C-]CC=C1.[Cl-].[Cl-].[Ti+4]. The maximum atomic E-state index is 3.35. The molecule has 0 spiro atoms. The van der Waals surface area contributed by atoms with Gasteiger partial charge in [0.2, 0.25) is 0 Å². The second kappa shape index (κ2) is 17.5. The van der Waals surface area contributed by atoms with Crippen molar-refractivity contribution in [1.82, 2.24) is 0 Å². The Hall–Kier alpha value is 0.0343. The van der Waals surface area contributed by atoms with Crippen LogP contribution in [-0.2, 0) is 21.7 Å². The van der Waals surface area contributed by atoms with Crippen LogP contribution in [0.2, 0.25) is 0 Å². The van der Waals surface area contributed by atoms with E-state index in [-0.39, 0.29) is 54.5 Å². The van der Waals surface area contributed by atoms with Crippen molar-refractivity contribution in [3.8, 4) is 0 Å². The fraction of sp³-hybridized carbons (Fsp3) is 0.519. The molecule has 0 saturated heterocycles. The summed E-state index contributed by atoms with van der Waals surface area (Å²) in [5.74, 6) is 2.32. The van der Waals surface area contributed by atoms with E-state index in [9.17, 15) is 0 Å². The Balaban J connectivity index is 0. The summed E-state index contributed by atoms with van der Waals surface area (Å²) in [6, 6.07) is 13.6. The molecule has 0 N–H and O–H groups in total. The Morgan fingerprint density at radius 3 is 2.10 bits per heavy atom. The molecule has 0 aromatic heterocycles. The van der Waals surface area contributed by atoms with Gasteiger partial charge in [0, 0.05) is 0 Å². The number of hydrogen-bond donors (Lipinski definition) is 0. The Labute approximate surface area is 220 Å². The standard InChI is InChI=1S/C17H24P.C10H15.2ClH.Ti/c1-13(2)11-18(12-14(3)4)17-9-15-7-5-6-8-16(15)10-17;1-3-6-9(2)10-7-4-5-8-10;;;/h5-10,13-14H,11-12H2,1-4H3;4,7,9H,3,5-6H2,1-2H3;2*1H;/q2*-1;;;+4/p-2. The fourth-order valence-corrected chi connectivity index (χ4v) is 6.81. The molecule has 1 aliphatic carbocycles. The molecule has 0 aliphatic heterocycles. The molecule has 0 bridgehead atoms. The van der Waals surface area contributed by atoms with Gasteiger partial charge in [0.15, 0.2) is 0 Å². The van der Waals surface area contributed by atoms with E-state index in [4.69, 9.17) is 0 Å². The van der Waals surface area contributed by atoms with Crippen LogP contribution in [0.3, 0.4) is 0 Å². The summed E-state index contributed by atoms with van der Waals surface area (Å²) < 4.78 is 0. The zero-order chi connectivity index (χ0) is 20.5. The summed E-state index contributed by atoms with van der Waals surface area (Å²) in [5.41, 5.74) is 1.42. The maximum Gasteiger partial charge on any atom is 4.00 e. The zero-order valence-corrected chi connectivity index (χ0v) is 24.1. The van der Waals surface area contributed by atoms with Crippen LogP contribution >= 0.6 is 7.92 Å². The van der Waals surface area contributed by atoms with E-state index in [2.05, 4.69) is 96.2 Å². The molecule has 31 heavy (non-hydrogen) atoms. The molecule has 0 radical (unpaired) electrons. The van der Waals surface area contributed by atoms with Crippen molar-refractivity contribution in [1.29, 1.82) is 0 Å². The molecule has 4 heteroatoms. The maximum absolute atomic E-state index is 3.35. The van der Waals surface area contributed by atoms with E-state index in [0.29, 0.717) is 0 Å². The summed E-state index contributed by atoms with van der Waals surface area (Å²) in [5, 5.41) is 4.42. The van der Waals surface area contributed by atoms with Crippen LogP contribution in [-0.4, -0.2) is 12.3 Å². The van der Waals surface area contributed by atoms with E-state index in [1.807, 2.05) is 0 Å². The van der Waals surface area contributed by atoms with Gasteiger partial charge in [0.25, 0.3) is 0 Å². The molecule has 0 amide bonds. The molecule has 0 saturated carbocycles. The van der Waals surface area contributed by atoms with Crippen LogP contribution in [0.25, 0.3) is 10.8 Å². The molecule has 1 unspecified atom stereocenters. The first-order chi connectivity index (χ1) is 13.4. The van der Waals surface area contributed by atoms with E-state index < -0.39 is 0 Å². The first-order valence-electron chi connectivity index (χ1n) is 11.1. The average molecular weight is 513 g/mol. The van der Waals surface area contributed by atoms with Gasteiger partial charge < -0.3 is 24.8 Å². The molecule has 3 rings (SSSR count). The number of fused-ring (bicyclic) bond motifs is 1. The van der Waals surface area contributed by atoms with Gasteiger partial charge in [-0.15, -0.1) is 46.8 Å². The number of benzene rings is 1. The Bertz CT molecular complexity index is 733. The van der Waals surface area contributed by atoms with E-state index in [1.54, 1.807) is 5.30 Å². The van der Waals surface area contributed by atoms with Crippen LogP contribution in [0, 0.1) is 23.8 Å². The summed E-state index contributed by atoms with van der Waals surface area (Å²) in [6.45, 7) is 13.9. The van der Waals surface area contributed by atoms with Crippen molar-refractivity contribution >= 4 is 24.0 Å². The second-order valence-electron chi connectivity index (χ2n) is 8.96. The van der Waals surface area contributed by atoms with Crippen LogP contribution in [0.15, 0.2) is 54.1 Å². The normalized spacial score (nSPS) is 13.3. The molecule has 2 aromatic carbocycles. The van der Waals surface area contributed by atoms with Gasteiger partial charge in [-0.2, -0.15) is 12.1 Å². The summed E-state index contributed by atoms with van der Waals surface area (Å²) in [4.78, 5) is 0. The molecule has 0 nitrogen and oxygen atoms in total. The van der Waals surface area contributed by atoms with Gasteiger partial charge in [0.05, 0.1) is 0 Å². The molecular weight excluding hydrogens is 474 g/mol. The Kier molecular flexibility index (Phi) is 18.7. The number of hydrogen-bond acceptors (Lipinski definition) is 0. The quantitative estimate of drug-likeness (QED) is 0.288. The van der Waals surface area contributed by atoms with E-state index in [1.165, 1.54) is 41.5 Å². The third kappa shape index (κ3) is 11.6. The van der Waals surface area contributed by atoms with Crippen molar-refractivity contribution in [2.24, 2.45) is 17.8 Å². The van der Waals surface area contributed by atoms with Gasteiger partial charge in [-0.25, -0.2) is 11.6 Å². The predicted molar refractivity (Wildman–Crippen MR) is 130 cm³/mol. The molecule has 170 valence electrons. The second-order valence-corrected chi connectivity index (χ2v) is 11.3.